The van der Waals surface area contributed by atoms with Gasteiger partial charge in [-0.25, -0.2) is 4.79 Å². The molecule has 6 heteroatoms. The summed E-state index contributed by atoms with van der Waals surface area (Å²) in [7, 11) is 0. The molecular formula is C22H23NO5. The van der Waals surface area contributed by atoms with Crippen LogP contribution in [0.1, 0.15) is 16.8 Å². The summed E-state index contributed by atoms with van der Waals surface area (Å²) in [6, 6.07) is 17.6. The van der Waals surface area contributed by atoms with E-state index in [0.29, 0.717) is 32.2 Å². The minimum atomic E-state index is -1.01. The number of hydrogen-bond acceptors (Lipinski definition) is 5. The summed E-state index contributed by atoms with van der Waals surface area (Å²) < 4.78 is 16.7. The number of hydrogen-bond donors (Lipinski definition) is 1. The van der Waals surface area contributed by atoms with Gasteiger partial charge in [-0.15, -0.1) is 0 Å². The van der Waals surface area contributed by atoms with E-state index >= 15 is 0 Å². The number of aryl methyl sites for hydroxylation is 1. The second kappa shape index (κ2) is 9.82. The average molecular weight is 381 g/mol. The molecule has 6 nitrogen and oxygen atoms in total. The Labute approximate surface area is 163 Å². The standard InChI is InChI=1S/C22H23NO5/c1-16-5-4-7-18(22(16)28-15-21(24)25)13-26-11-12-27-14-19-10-9-17-6-2-3-8-20(17)23-19/h2-10H,11-15H2,1H3,(H,24,25). The molecule has 0 unspecified atom stereocenters. The van der Waals surface area contributed by atoms with Crippen LogP contribution < -0.4 is 4.74 Å². The van der Waals surface area contributed by atoms with Crippen molar-refractivity contribution in [1.82, 2.24) is 4.98 Å². The number of ether oxygens (including phenoxy) is 3. The van der Waals surface area contributed by atoms with Crippen molar-refractivity contribution in [3.63, 3.8) is 0 Å². The fourth-order valence-corrected chi connectivity index (χ4v) is 2.83. The highest BCUT2D eigenvalue weighted by Gasteiger charge is 2.09. The lowest BCUT2D eigenvalue weighted by molar-refractivity contribution is -0.139. The first kappa shape index (κ1) is 19.8. The number of aromatic nitrogens is 1. The van der Waals surface area contributed by atoms with Gasteiger partial charge < -0.3 is 19.3 Å². The number of pyridine rings is 1. The molecule has 1 N–H and O–H groups in total. The van der Waals surface area contributed by atoms with Gasteiger partial charge in [-0.1, -0.05) is 42.5 Å². The van der Waals surface area contributed by atoms with E-state index in [4.69, 9.17) is 19.3 Å². The molecule has 0 radical (unpaired) electrons. The largest absolute Gasteiger partial charge is 0.481 e. The monoisotopic (exact) mass is 381 g/mol. The Morgan fingerprint density at radius 1 is 0.964 bits per heavy atom. The Morgan fingerprint density at radius 2 is 1.75 bits per heavy atom. The van der Waals surface area contributed by atoms with Crippen molar-refractivity contribution in [1.29, 1.82) is 0 Å². The van der Waals surface area contributed by atoms with Crippen molar-refractivity contribution in [3.8, 4) is 5.75 Å². The maximum atomic E-state index is 10.7. The quantitative estimate of drug-likeness (QED) is 0.539. The molecule has 0 aliphatic carbocycles. The molecule has 0 saturated carbocycles. The average Bonchev–Trinajstić information content (AvgIpc) is 2.69. The number of para-hydroxylation sites is 2. The summed E-state index contributed by atoms with van der Waals surface area (Å²) in [6.07, 6.45) is 0. The second-order valence-electron chi connectivity index (χ2n) is 6.35. The first-order valence-electron chi connectivity index (χ1n) is 9.07. The first-order chi connectivity index (χ1) is 13.6. The van der Waals surface area contributed by atoms with E-state index in [1.54, 1.807) is 0 Å². The molecule has 2 aromatic carbocycles. The highest BCUT2D eigenvalue weighted by atomic mass is 16.5. The summed E-state index contributed by atoms with van der Waals surface area (Å²) in [5.74, 6) is -0.447. The van der Waals surface area contributed by atoms with E-state index in [0.717, 1.165) is 27.7 Å². The van der Waals surface area contributed by atoms with Crippen molar-refractivity contribution in [3.05, 3.63) is 71.4 Å². The van der Waals surface area contributed by atoms with E-state index in [1.807, 2.05) is 61.5 Å². The van der Waals surface area contributed by atoms with Crippen molar-refractivity contribution >= 4 is 16.9 Å². The number of carbonyl (C=O) groups is 1. The normalized spacial score (nSPS) is 10.9. The van der Waals surface area contributed by atoms with Gasteiger partial charge in [-0.05, 0) is 24.6 Å². The number of benzene rings is 2. The van der Waals surface area contributed by atoms with Crippen LogP contribution >= 0.6 is 0 Å². The van der Waals surface area contributed by atoms with Crippen molar-refractivity contribution in [2.24, 2.45) is 0 Å². The Bertz CT molecular complexity index is 941. The molecule has 0 aliphatic heterocycles. The van der Waals surface area contributed by atoms with Crippen LogP contribution in [0.15, 0.2) is 54.6 Å². The van der Waals surface area contributed by atoms with Crippen molar-refractivity contribution < 1.29 is 24.1 Å². The second-order valence-corrected chi connectivity index (χ2v) is 6.35. The summed E-state index contributed by atoms with van der Waals surface area (Å²) in [5.41, 5.74) is 3.52. The molecule has 0 saturated heterocycles. The third-order valence-electron chi connectivity index (χ3n) is 4.17. The first-order valence-corrected chi connectivity index (χ1v) is 9.07. The zero-order chi connectivity index (χ0) is 19.8. The summed E-state index contributed by atoms with van der Waals surface area (Å²) in [4.78, 5) is 15.3. The number of aliphatic carboxylic acids is 1. The van der Waals surface area contributed by atoms with Gasteiger partial charge in [0.1, 0.15) is 5.75 Å². The highest BCUT2D eigenvalue weighted by molar-refractivity contribution is 5.78. The molecule has 0 aliphatic rings. The molecule has 146 valence electrons. The smallest absolute Gasteiger partial charge is 0.341 e. The Hall–Kier alpha value is -2.96. The molecule has 0 amide bonds. The fourth-order valence-electron chi connectivity index (χ4n) is 2.83. The minimum Gasteiger partial charge on any atom is -0.481 e. The van der Waals surface area contributed by atoms with Crippen LogP contribution in [0.2, 0.25) is 0 Å². The molecule has 3 rings (SSSR count). The van der Waals surface area contributed by atoms with E-state index in [-0.39, 0.29) is 6.61 Å². The molecule has 0 fully saturated rings. The zero-order valence-electron chi connectivity index (χ0n) is 15.8. The van der Waals surface area contributed by atoms with Crippen LogP contribution in [-0.4, -0.2) is 35.9 Å². The lowest BCUT2D eigenvalue weighted by Gasteiger charge is -2.13. The Morgan fingerprint density at radius 3 is 2.57 bits per heavy atom. The number of nitrogens with zero attached hydrogens (tertiary/aromatic N) is 1. The van der Waals surface area contributed by atoms with Gasteiger partial charge in [0.15, 0.2) is 6.61 Å². The van der Waals surface area contributed by atoms with Crippen LogP contribution in [0.5, 0.6) is 5.75 Å². The van der Waals surface area contributed by atoms with Crippen LogP contribution in [0.3, 0.4) is 0 Å². The number of fused-ring (bicyclic) bond motifs is 1. The van der Waals surface area contributed by atoms with Gasteiger partial charge in [0.25, 0.3) is 0 Å². The third-order valence-corrected chi connectivity index (χ3v) is 4.17. The van der Waals surface area contributed by atoms with Gasteiger partial charge in [0.05, 0.1) is 37.6 Å². The van der Waals surface area contributed by atoms with Gasteiger partial charge in [-0.3, -0.25) is 4.98 Å². The topological polar surface area (TPSA) is 77.9 Å². The maximum absolute atomic E-state index is 10.7. The van der Waals surface area contributed by atoms with Crippen molar-refractivity contribution in [2.75, 3.05) is 19.8 Å². The molecule has 1 heterocycles. The summed E-state index contributed by atoms with van der Waals surface area (Å²) >= 11 is 0. The summed E-state index contributed by atoms with van der Waals surface area (Å²) in [5, 5.41) is 9.91. The molecule has 0 atom stereocenters. The number of rotatable bonds is 10. The lowest BCUT2D eigenvalue weighted by atomic mass is 10.1. The van der Waals surface area contributed by atoms with E-state index in [9.17, 15) is 4.79 Å². The lowest BCUT2D eigenvalue weighted by Crippen LogP contribution is -2.12. The number of carboxylic acids is 1. The zero-order valence-corrected chi connectivity index (χ0v) is 15.8. The molecule has 3 aromatic rings. The highest BCUT2D eigenvalue weighted by Crippen LogP contribution is 2.24. The van der Waals surface area contributed by atoms with Crippen LogP contribution in [0, 0.1) is 6.92 Å². The molecular weight excluding hydrogens is 358 g/mol. The molecule has 1 aromatic heterocycles. The van der Waals surface area contributed by atoms with Crippen LogP contribution in [0.4, 0.5) is 0 Å². The van der Waals surface area contributed by atoms with Gasteiger partial charge in [-0.2, -0.15) is 0 Å². The van der Waals surface area contributed by atoms with Gasteiger partial charge in [0, 0.05) is 10.9 Å². The fraction of sp³-hybridized carbons (Fsp3) is 0.273. The maximum Gasteiger partial charge on any atom is 0.341 e. The summed E-state index contributed by atoms with van der Waals surface area (Å²) in [6.45, 7) is 3.10. The number of carboxylic acid groups (broad SMARTS) is 1. The van der Waals surface area contributed by atoms with E-state index < -0.39 is 5.97 Å². The van der Waals surface area contributed by atoms with Crippen LogP contribution in [-0.2, 0) is 27.5 Å². The van der Waals surface area contributed by atoms with Gasteiger partial charge >= 0.3 is 5.97 Å². The third kappa shape index (κ3) is 5.52. The van der Waals surface area contributed by atoms with Gasteiger partial charge in [0.2, 0.25) is 0 Å². The SMILES string of the molecule is Cc1cccc(COCCOCc2ccc3ccccc3n2)c1OCC(=O)O. The Balaban J connectivity index is 1.43. The minimum absolute atomic E-state index is 0.328. The van der Waals surface area contributed by atoms with Crippen molar-refractivity contribution in [2.45, 2.75) is 20.1 Å². The molecule has 0 bridgehead atoms. The molecule has 0 spiro atoms. The van der Waals surface area contributed by atoms with Crippen LogP contribution in [0.25, 0.3) is 10.9 Å². The molecule has 28 heavy (non-hydrogen) atoms. The van der Waals surface area contributed by atoms with E-state index in [1.165, 1.54) is 0 Å². The van der Waals surface area contributed by atoms with E-state index in [2.05, 4.69) is 4.98 Å². The predicted octanol–water partition coefficient (Wildman–Crippen LogP) is 3.74. The predicted molar refractivity (Wildman–Crippen MR) is 105 cm³/mol. The Kier molecular flexibility index (Phi) is 6.94.